The Kier molecular flexibility index (Phi) is 5.21. The maximum Gasteiger partial charge on any atom is 0.254 e. The average Bonchev–Trinajstić information content (AvgIpc) is 2.65. The largest absolute Gasteiger partial charge is 0.497 e. The third-order valence-electron chi connectivity index (χ3n) is 4.52. The predicted molar refractivity (Wildman–Crippen MR) is 95.5 cm³/mol. The zero-order valence-electron chi connectivity index (χ0n) is 14.9. The Bertz CT molecular complexity index is 838. The number of carbonyl (C=O) groups excluding carboxylic acids is 2. The number of benzene rings is 2. The summed E-state index contributed by atoms with van der Waals surface area (Å²) in [6.07, 6.45) is 0. The van der Waals surface area contributed by atoms with E-state index in [0.29, 0.717) is 30.8 Å². The van der Waals surface area contributed by atoms with Crippen molar-refractivity contribution < 1.29 is 18.7 Å². The van der Waals surface area contributed by atoms with Crippen molar-refractivity contribution in [2.24, 2.45) is 0 Å². The Morgan fingerprint density at radius 3 is 2.69 bits per heavy atom. The summed E-state index contributed by atoms with van der Waals surface area (Å²) in [4.78, 5) is 28.3. The van der Waals surface area contributed by atoms with Gasteiger partial charge in [-0.25, -0.2) is 4.39 Å². The van der Waals surface area contributed by atoms with Crippen LogP contribution in [0.15, 0.2) is 42.5 Å². The lowest BCUT2D eigenvalue weighted by Crippen LogP contribution is -2.51. The Morgan fingerprint density at radius 2 is 2.00 bits per heavy atom. The lowest BCUT2D eigenvalue weighted by molar-refractivity contribution is -0.135. The number of ether oxygens (including phenoxy) is 1. The fraction of sp³-hybridized carbons (Fsp3) is 0.300. The zero-order valence-corrected chi connectivity index (χ0v) is 14.9. The van der Waals surface area contributed by atoms with Crippen LogP contribution in [-0.2, 0) is 11.3 Å². The van der Waals surface area contributed by atoms with Crippen molar-refractivity contribution >= 4 is 11.8 Å². The maximum absolute atomic E-state index is 13.4. The van der Waals surface area contributed by atoms with Crippen LogP contribution in [0.5, 0.6) is 5.75 Å². The van der Waals surface area contributed by atoms with Gasteiger partial charge in [-0.1, -0.05) is 12.1 Å². The van der Waals surface area contributed by atoms with E-state index < -0.39 is 0 Å². The first-order chi connectivity index (χ1) is 12.5. The summed E-state index contributed by atoms with van der Waals surface area (Å²) in [5, 5.41) is 0. The minimum atomic E-state index is -0.347. The van der Waals surface area contributed by atoms with Gasteiger partial charge >= 0.3 is 0 Å². The van der Waals surface area contributed by atoms with Crippen molar-refractivity contribution in [3.05, 3.63) is 65.0 Å². The molecule has 0 saturated carbocycles. The van der Waals surface area contributed by atoms with Crippen LogP contribution in [0.4, 0.5) is 4.39 Å². The van der Waals surface area contributed by atoms with Crippen molar-refractivity contribution in [3.63, 3.8) is 0 Å². The number of halogens is 1. The molecule has 2 aromatic rings. The van der Waals surface area contributed by atoms with Crippen molar-refractivity contribution in [3.8, 4) is 5.75 Å². The third-order valence-corrected chi connectivity index (χ3v) is 4.52. The summed E-state index contributed by atoms with van der Waals surface area (Å²) in [5.41, 5.74) is 1.79. The summed E-state index contributed by atoms with van der Waals surface area (Å²) in [6.45, 7) is 3.03. The number of hydrogen-bond acceptors (Lipinski definition) is 3. The normalized spacial score (nSPS) is 14.5. The Hall–Kier alpha value is -2.89. The van der Waals surface area contributed by atoms with Crippen LogP contribution in [0.2, 0.25) is 0 Å². The van der Waals surface area contributed by atoms with Gasteiger partial charge < -0.3 is 14.5 Å². The van der Waals surface area contributed by atoms with E-state index >= 15 is 0 Å². The molecule has 0 spiro atoms. The van der Waals surface area contributed by atoms with Crippen LogP contribution in [-0.4, -0.2) is 48.4 Å². The summed E-state index contributed by atoms with van der Waals surface area (Å²) in [5.74, 6) is 0.0462. The van der Waals surface area contributed by atoms with E-state index in [1.807, 2.05) is 24.3 Å². The molecule has 2 amide bonds. The molecule has 0 aliphatic carbocycles. The maximum atomic E-state index is 13.4. The van der Waals surface area contributed by atoms with E-state index in [-0.39, 0.29) is 24.2 Å². The monoisotopic (exact) mass is 356 g/mol. The van der Waals surface area contributed by atoms with Crippen LogP contribution < -0.4 is 4.74 Å². The number of amides is 2. The molecule has 0 bridgehead atoms. The van der Waals surface area contributed by atoms with Gasteiger partial charge in [0.25, 0.3) is 5.91 Å². The molecule has 2 aromatic carbocycles. The molecule has 0 unspecified atom stereocenters. The molecule has 136 valence electrons. The zero-order chi connectivity index (χ0) is 18.7. The van der Waals surface area contributed by atoms with Gasteiger partial charge in [0, 0.05) is 25.2 Å². The molecule has 5 nitrogen and oxygen atoms in total. The van der Waals surface area contributed by atoms with Crippen LogP contribution in [0.25, 0.3) is 0 Å². The first kappa shape index (κ1) is 17.9. The quantitative estimate of drug-likeness (QED) is 0.846. The summed E-state index contributed by atoms with van der Waals surface area (Å²) in [6, 6.07) is 11.8. The molecular formula is C20H21FN2O3. The Balaban J connectivity index is 1.65. The molecule has 1 aliphatic rings. The van der Waals surface area contributed by atoms with Crippen LogP contribution >= 0.6 is 0 Å². The van der Waals surface area contributed by atoms with Gasteiger partial charge in [0.2, 0.25) is 5.91 Å². The molecule has 6 heteroatoms. The smallest absolute Gasteiger partial charge is 0.254 e. The predicted octanol–water partition coefficient (Wildman–Crippen LogP) is 2.63. The number of piperazine rings is 1. The Morgan fingerprint density at radius 1 is 1.19 bits per heavy atom. The van der Waals surface area contributed by atoms with E-state index in [9.17, 15) is 14.0 Å². The molecule has 0 atom stereocenters. The van der Waals surface area contributed by atoms with Crippen LogP contribution in [0.1, 0.15) is 21.5 Å². The number of methoxy groups -OCH3 is 1. The number of hydrogen-bond donors (Lipinski definition) is 0. The molecule has 3 rings (SSSR count). The summed E-state index contributed by atoms with van der Waals surface area (Å²) >= 11 is 0. The molecule has 1 heterocycles. The molecule has 1 saturated heterocycles. The van der Waals surface area contributed by atoms with Crippen molar-refractivity contribution in [2.45, 2.75) is 13.5 Å². The first-order valence-corrected chi connectivity index (χ1v) is 8.44. The second kappa shape index (κ2) is 7.56. The lowest BCUT2D eigenvalue weighted by Gasteiger charge is -2.34. The highest BCUT2D eigenvalue weighted by molar-refractivity contribution is 5.97. The lowest BCUT2D eigenvalue weighted by atomic mass is 10.1. The molecule has 0 radical (unpaired) electrons. The minimum absolute atomic E-state index is 0.0270. The minimum Gasteiger partial charge on any atom is -0.497 e. The van der Waals surface area contributed by atoms with E-state index in [0.717, 1.165) is 11.3 Å². The molecule has 0 aromatic heterocycles. The molecule has 1 fully saturated rings. The van der Waals surface area contributed by atoms with Crippen LogP contribution in [0.3, 0.4) is 0 Å². The second-order valence-corrected chi connectivity index (χ2v) is 6.36. The molecular weight excluding hydrogens is 335 g/mol. The van der Waals surface area contributed by atoms with Gasteiger partial charge in [0.05, 0.1) is 7.11 Å². The fourth-order valence-corrected chi connectivity index (χ4v) is 3.00. The summed E-state index contributed by atoms with van der Waals surface area (Å²) < 4.78 is 18.6. The van der Waals surface area contributed by atoms with E-state index in [2.05, 4.69) is 0 Å². The Labute approximate surface area is 152 Å². The van der Waals surface area contributed by atoms with Crippen molar-refractivity contribution in [1.82, 2.24) is 9.80 Å². The number of nitrogens with zero attached hydrogens (tertiary/aromatic N) is 2. The number of rotatable bonds is 4. The summed E-state index contributed by atoms with van der Waals surface area (Å²) in [7, 11) is 1.60. The van der Waals surface area contributed by atoms with Gasteiger partial charge in [-0.3, -0.25) is 9.59 Å². The topological polar surface area (TPSA) is 49.9 Å². The molecule has 26 heavy (non-hydrogen) atoms. The molecule has 1 aliphatic heterocycles. The standard InChI is InChI=1S/C20H21FN2O3/c1-14-10-16(6-7-18(14)21)20(25)23-9-8-22(19(24)13-23)12-15-4-3-5-17(11-15)26-2/h3-7,10-11H,8-9,12-13H2,1-2H3. The fourth-order valence-electron chi connectivity index (χ4n) is 3.00. The molecule has 0 N–H and O–H groups in total. The first-order valence-electron chi connectivity index (χ1n) is 8.44. The number of carbonyl (C=O) groups is 2. The van der Waals surface area contributed by atoms with Gasteiger partial charge in [0.15, 0.2) is 0 Å². The highest BCUT2D eigenvalue weighted by atomic mass is 19.1. The van der Waals surface area contributed by atoms with Gasteiger partial charge in [-0.15, -0.1) is 0 Å². The highest BCUT2D eigenvalue weighted by Gasteiger charge is 2.28. The van der Waals surface area contributed by atoms with E-state index in [1.165, 1.54) is 23.1 Å². The van der Waals surface area contributed by atoms with E-state index in [1.54, 1.807) is 18.9 Å². The van der Waals surface area contributed by atoms with Crippen molar-refractivity contribution in [2.75, 3.05) is 26.7 Å². The third kappa shape index (κ3) is 3.85. The van der Waals surface area contributed by atoms with Crippen LogP contribution in [0, 0.1) is 12.7 Å². The average molecular weight is 356 g/mol. The SMILES string of the molecule is COc1cccc(CN2CCN(C(=O)c3ccc(F)c(C)c3)CC2=O)c1. The van der Waals surface area contributed by atoms with Gasteiger partial charge in [-0.05, 0) is 48.4 Å². The van der Waals surface area contributed by atoms with Crippen molar-refractivity contribution in [1.29, 1.82) is 0 Å². The van der Waals surface area contributed by atoms with Gasteiger partial charge in [0.1, 0.15) is 18.1 Å². The second-order valence-electron chi connectivity index (χ2n) is 6.36. The van der Waals surface area contributed by atoms with E-state index in [4.69, 9.17) is 4.74 Å². The highest BCUT2D eigenvalue weighted by Crippen LogP contribution is 2.17. The van der Waals surface area contributed by atoms with Gasteiger partial charge in [-0.2, -0.15) is 0 Å². The number of aryl methyl sites for hydroxylation is 1.